The number of nitrogens with zero attached hydrogens (tertiary/aromatic N) is 3. The minimum Gasteiger partial charge on any atom is -0.490 e. The van der Waals surface area contributed by atoms with E-state index in [1.54, 1.807) is 18.2 Å². The molecule has 1 unspecified atom stereocenters. The number of rotatable bonds is 7. The van der Waals surface area contributed by atoms with Gasteiger partial charge < -0.3 is 19.1 Å². The molecule has 10 heteroatoms. The molecular formula is C25H29N3O7. The standard InChI is InChI=1S/C25H29N3O7/c1-15(2)10-12-26-19-8-7-16(27(29)30)13-18(19)24(3,4)25(26)11-9-17-20(35-25)14-21(33-5)22(28(31)32)23(17)34-6/h7-9,11,13-15H,10,12H2,1-6H3. The summed E-state index contributed by atoms with van der Waals surface area (Å²) >= 11 is 0. The van der Waals surface area contributed by atoms with Gasteiger partial charge in [-0.05, 0) is 50.0 Å². The van der Waals surface area contributed by atoms with Crippen LogP contribution in [-0.2, 0) is 5.41 Å². The van der Waals surface area contributed by atoms with E-state index in [9.17, 15) is 20.2 Å². The van der Waals surface area contributed by atoms with Crippen LogP contribution in [0.25, 0.3) is 6.08 Å². The topological polar surface area (TPSA) is 117 Å². The van der Waals surface area contributed by atoms with Crippen molar-refractivity contribution in [2.24, 2.45) is 5.92 Å². The van der Waals surface area contributed by atoms with Gasteiger partial charge in [0.25, 0.3) is 5.69 Å². The molecule has 1 atom stereocenters. The molecule has 2 aliphatic heterocycles. The molecule has 2 heterocycles. The Bertz CT molecular complexity index is 1240. The predicted octanol–water partition coefficient (Wildman–Crippen LogP) is 5.47. The van der Waals surface area contributed by atoms with Gasteiger partial charge in [0.15, 0.2) is 0 Å². The number of hydrogen-bond acceptors (Lipinski definition) is 8. The number of anilines is 1. The summed E-state index contributed by atoms with van der Waals surface area (Å²) in [6.45, 7) is 8.88. The Morgan fingerprint density at radius 2 is 1.80 bits per heavy atom. The van der Waals surface area contributed by atoms with Crippen molar-refractivity contribution < 1.29 is 24.1 Å². The maximum absolute atomic E-state index is 11.8. The van der Waals surface area contributed by atoms with Crippen molar-refractivity contribution in [2.75, 3.05) is 25.7 Å². The van der Waals surface area contributed by atoms with E-state index in [4.69, 9.17) is 14.2 Å². The van der Waals surface area contributed by atoms with Crippen LogP contribution < -0.4 is 19.1 Å². The molecule has 35 heavy (non-hydrogen) atoms. The van der Waals surface area contributed by atoms with Crippen molar-refractivity contribution in [1.82, 2.24) is 0 Å². The summed E-state index contributed by atoms with van der Waals surface area (Å²) in [4.78, 5) is 24.5. The molecular weight excluding hydrogens is 454 g/mol. The highest BCUT2D eigenvalue weighted by atomic mass is 16.6. The fourth-order valence-corrected chi connectivity index (χ4v) is 5.03. The fraction of sp³-hybridized carbons (Fsp3) is 0.440. The minimum absolute atomic E-state index is 0.0110. The molecule has 0 amide bonds. The molecule has 0 saturated carbocycles. The second kappa shape index (κ2) is 8.44. The molecule has 0 bridgehead atoms. The summed E-state index contributed by atoms with van der Waals surface area (Å²) in [6.07, 6.45) is 4.51. The number of fused-ring (bicyclic) bond motifs is 2. The summed E-state index contributed by atoms with van der Waals surface area (Å²) in [5.41, 5.74) is 0.0863. The Hall–Kier alpha value is -3.82. The van der Waals surface area contributed by atoms with E-state index in [0.717, 1.165) is 17.7 Å². The van der Waals surface area contributed by atoms with Crippen LogP contribution in [0.4, 0.5) is 17.1 Å². The molecule has 2 aromatic carbocycles. The molecule has 2 aliphatic rings. The molecule has 0 N–H and O–H groups in total. The molecule has 0 radical (unpaired) electrons. The van der Waals surface area contributed by atoms with E-state index in [0.29, 0.717) is 23.8 Å². The van der Waals surface area contributed by atoms with E-state index in [1.165, 1.54) is 26.4 Å². The zero-order chi connectivity index (χ0) is 25.7. The first-order valence-corrected chi connectivity index (χ1v) is 11.4. The molecule has 0 saturated heterocycles. The highest BCUT2D eigenvalue weighted by molar-refractivity contribution is 5.79. The lowest BCUT2D eigenvalue weighted by Gasteiger charge is -2.47. The molecule has 186 valence electrons. The van der Waals surface area contributed by atoms with E-state index in [1.807, 2.05) is 19.9 Å². The Morgan fingerprint density at radius 3 is 2.37 bits per heavy atom. The number of ether oxygens (including phenoxy) is 3. The fourth-order valence-electron chi connectivity index (χ4n) is 5.03. The second-order valence-corrected chi connectivity index (χ2v) is 9.68. The third-order valence-corrected chi connectivity index (χ3v) is 6.95. The van der Waals surface area contributed by atoms with Crippen LogP contribution in [0.1, 0.15) is 45.2 Å². The lowest BCUT2D eigenvalue weighted by molar-refractivity contribution is -0.386. The van der Waals surface area contributed by atoms with Gasteiger partial charge in [-0.3, -0.25) is 20.2 Å². The third kappa shape index (κ3) is 3.55. The number of nitro groups is 2. The average Bonchev–Trinajstić information content (AvgIpc) is 2.98. The Labute approximate surface area is 203 Å². The van der Waals surface area contributed by atoms with Crippen LogP contribution in [-0.4, -0.2) is 36.3 Å². The number of hydrogen-bond donors (Lipinski definition) is 0. The largest absolute Gasteiger partial charge is 0.490 e. The smallest absolute Gasteiger partial charge is 0.353 e. The highest BCUT2D eigenvalue weighted by Crippen LogP contribution is 2.57. The zero-order valence-corrected chi connectivity index (χ0v) is 20.7. The first-order valence-electron chi connectivity index (χ1n) is 11.4. The summed E-state index contributed by atoms with van der Waals surface area (Å²) in [6, 6.07) is 6.39. The molecule has 2 aromatic rings. The van der Waals surface area contributed by atoms with Gasteiger partial charge in [0.05, 0.1) is 35.0 Å². The predicted molar refractivity (Wildman–Crippen MR) is 132 cm³/mol. The summed E-state index contributed by atoms with van der Waals surface area (Å²) in [7, 11) is 2.72. The van der Waals surface area contributed by atoms with Crippen molar-refractivity contribution in [1.29, 1.82) is 0 Å². The van der Waals surface area contributed by atoms with E-state index >= 15 is 0 Å². The number of methoxy groups -OCH3 is 2. The van der Waals surface area contributed by atoms with E-state index in [-0.39, 0.29) is 22.9 Å². The molecule has 0 fully saturated rings. The van der Waals surface area contributed by atoms with Crippen molar-refractivity contribution in [3.63, 3.8) is 0 Å². The van der Waals surface area contributed by atoms with Gasteiger partial charge in [-0.25, -0.2) is 0 Å². The summed E-state index contributed by atoms with van der Waals surface area (Å²) < 4.78 is 17.5. The van der Waals surface area contributed by atoms with Crippen LogP contribution in [0.5, 0.6) is 17.2 Å². The molecule has 0 aromatic heterocycles. The van der Waals surface area contributed by atoms with Crippen molar-refractivity contribution in [2.45, 2.75) is 45.3 Å². The zero-order valence-electron chi connectivity index (χ0n) is 20.7. The monoisotopic (exact) mass is 483 g/mol. The van der Waals surface area contributed by atoms with Gasteiger partial charge in [0.1, 0.15) is 5.75 Å². The second-order valence-electron chi connectivity index (χ2n) is 9.68. The van der Waals surface area contributed by atoms with Crippen molar-refractivity contribution in [3.8, 4) is 17.2 Å². The first kappa shape index (κ1) is 24.3. The molecule has 1 spiro atoms. The lowest BCUT2D eigenvalue weighted by Crippen LogP contribution is -2.59. The summed E-state index contributed by atoms with van der Waals surface area (Å²) in [5.74, 6) is 0.860. The lowest BCUT2D eigenvalue weighted by atomic mass is 9.76. The van der Waals surface area contributed by atoms with Gasteiger partial charge in [0, 0.05) is 30.4 Å². The van der Waals surface area contributed by atoms with Crippen LogP contribution in [0.3, 0.4) is 0 Å². The Morgan fingerprint density at radius 1 is 1.09 bits per heavy atom. The van der Waals surface area contributed by atoms with Crippen LogP contribution in [0.2, 0.25) is 0 Å². The first-order chi connectivity index (χ1) is 16.5. The quantitative estimate of drug-likeness (QED) is 0.376. The van der Waals surface area contributed by atoms with E-state index < -0.39 is 21.0 Å². The van der Waals surface area contributed by atoms with Gasteiger partial charge in [-0.15, -0.1) is 0 Å². The van der Waals surface area contributed by atoms with E-state index in [2.05, 4.69) is 18.7 Å². The average molecular weight is 484 g/mol. The van der Waals surface area contributed by atoms with Gasteiger partial charge in [-0.1, -0.05) is 13.8 Å². The maximum Gasteiger partial charge on any atom is 0.353 e. The Kier molecular flexibility index (Phi) is 5.86. The van der Waals surface area contributed by atoms with Gasteiger partial charge in [0.2, 0.25) is 17.2 Å². The number of benzene rings is 2. The summed E-state index contributed by atoms with van der Waals surface area (Å²) in [5, 5.41) is 23.3. The van der Waals surface area contributed by atoms with Crippen molar-refractivity contribution >= 4 is 23.1 Å². The van der Waals surface area contributed by atoms with Crippen LogP contribution in [0.15, 0.2) is 30.3 Å². The van der Waals surface area contributed by atoms with Gasteiger partial charge in [-0.2, -0.15) is 0 Å². The SMILES string of the molecule is COc1cc2c(c(OC)c1[N+](=O)[O-])C=CC1(O2)N(CCC(C)C)c2ccc([N+](=O)[O-])cc2C1(C)C. The maximum atomic E-state index is 11.8. The van der Waals surface area contributed by atoms with Gasteiger partial charge >= 0.3 is 5.69 Å². The third-order valence-electron chi connectivity index (χ3n) is 6.95. The Balaban J connectivity index is 1.93. The normalized spacial score (nSPS) is 19.3. The van der Waals surface area contributed by atoms with Crippen LogP contribution in [0, 0.1) is 26.1 Å². The minimum atomic E-state index is -1.03. The van der Waals surface area contributed by atoms with Crippen LogP contribution >= 0.6 is 0 Å². The highest BCUT2D eigenvalue weighted by Gasteiger charge is 2.59. The molecule has 10 nitrogen and oxygen atoms in total. The number of non-ortho nitro benzene ring substituents is 1. The molecule has 0 aliphatic carbocycles. The molecule has 4 rings (SSSR count). The van der Waals surface area contributed by atoms with Crippen molar-refractivity contribution in [3.05, 3.63) is 61.7 Å². The number of nitro benzene ring substituents is 2.